The lowest BCUT2D eigenvalue weighted by molar-refractivity contribution is -0.123. The van der Waals surface area contributed by atoms with Crippen molar-refractivity contribution in [3.8, 4) is 0 Å². The predicted molar refractivity (Wildman–Crippen MR) is 85.7 cm³/mol. The van der Waals surface area contributed by atoms with Crippen molar-refractivity contribution in [3.63, 3.8) is 0 Å². The number of rotatable bonds is 2. The minimum Gasteiger partial charge on any atom is -0.393 e. The Balaban J connectivity index is 1.79. The van der Waals surface area contributed by atoms with E-state index in [1.165, 1.54) is 0 Å². The lowest BCUT2D eigenvalue weighted by atomic mass is 9.86. The van der Waals surface area contributed by atoms with Crippen LogP contribution in [0.25, 0.3) is 10.2 Å². The summed E-state index contributed by atoms with van der Waals surface area (Å²) in [6.45, 7) is 1.99. The highest BCUT2D eigenvalue weighted by Crippen LogP contribution is 2.30. The summed E-state index contributed by atoms with van der Waals surface area (Å²) in [5.74, 6) is 0.194. The smallest absolute Gasteiger partial charge is 0.229 e. The van der Waals surface area contributed by atoms with Crippen molar-refractivity contribution < 1.29 is 9.90 Å². The van der Waals surface area contributed by atoms with Crippen molar-refractivity contribution in [1.29, 1.82) is 0 Å². The fraction of sp³-hybridized carbons (Fsp3) is 0.500. The summed E-state index contributed by atoms with van der Waals surface area (Å²) in [7, 11) is 1.84. The summed E-state index contributed by atoms with van der Waals surface area (Å²) >= 11 is 1.65. The highest BCUT2D eigenvalue weighted by molar-refractivity contribution is 7.18. The van der Waals surface area contributed by atoms with E-state index < -0.39 is 0 Å². The third kappa shape index (κ3) is 2.94. The molecule has 4 nitrogen and oxygen atoms in total. The standard InChI is InChI=1S/C16H20N2O2S/c1-10-17-14-8-5-12(9-15(14)21-10)18(2)16(20)11-3-6-13(19)7-4-11/h5,8-9,11,13,19H,3-4,6-7H2,1-2H3. The molecular weight excluding hydrogens is 284 g/mol. The first-order valence-corrected chi connectivity index (χ1v) is 8.19. The van der Waals surface area contributed by atoms with Gasteiger partial charge in [-0.15, -0.1) is 11.3 Å². The molecule has 1 aromatic heterocycles. The van der Waals surface area contributed by atoms with E-state index >= 15 is 0 Å². The van der Waals surface area contributed by atoms with Gasteiger partial charge >= 0.3 is 0 Å². The van der Waals surface area contributed by atoms with E-state index in [1.807, 2.05) is 32.2 Å². The lowest BCUT2D eigenvalue weighted by Gasteiger charge is -2.28. The summed E-state index contributed by atoms with van der Waals surface area (Å²) in [6.07, 6.45) is 2.81. The SMILES string of the molecule is Cc1nc2ccc(N(C)C(=O)C3CCC(O)CC3)cc2s1. The molecule has 1 amide bonds. The van der Waals surface area contributed by atoms with Crippen LogP contribution in [0.1, 0.15) is 30.7 Å². The van der Waals surface area contributed by atoms with Gasteiger partial charge in [0.1, 0.15) is 0 Å². The maximum atomic E-state index is 12.6. The van der Waals surface area contributed by atoms with Gasteiger partial charge in [-0.25, -0.2) is 4.98 Å². The van der Waals surface area contributed by atoms with E-state index in [2.05, 4.69) is 4.98 Å². The van der Waals surface area contributed by atoms with E-state index in [9.17, 15) is 9.90 Å². The monoisotopic (exact) mass is 304 g/mol. The van der Waals surface area contributed by atoms with E-state index in [1.54, 1.807) is 16.2 Å². The first-order chi connectivity index (χ1) is 10.0. The average Bonchev–Trinajstić information content (AvgIpc) is 2.85. The second kappa shape index (κ2) is 5.73. The molecule has 0 radical (unpaired) electrons. The Bertz CT molecular complexity index is 659. The Morgan fingerprint density at radius 3 is 2.76 bits per heavy atom. The highest BCUT2D eigenvalue weighted by atomic mass is 32.1. The Hall–Kier alpha value is -1.46. The minimum atomic E-state index is -0.226. The Kier molecular flexibility index (Phi) is 3.95. The van der Waals surface area contributed by atoms with Gasteiger partial charge in [0.05, 0.1) is 21.3 Å². The van der Waals surface area contributed by atoms with Gasteiger partial charge in [0.2, 0.25) is 5.91 Å². The molecule has 2 aromatic rings. The van der Waals surface area contributed by atoms with Crippen LogP contribution in [0.4, 0.5) is 5.69 Å². The fourth-order valence-corrected chi connectivity index (χ4v) is 3.82. The molecule has 0 spiro atoms. The van der Waals surface area contributed by atoms with Crippen LogP contribution in [0.5, 0.6) is 0 Å². The maximum Gasteiger partial charge on any atom is 0.229 e. The Morgan fingerprint density at radius 2 is 2.05 bits per heavy atom. The third-order valence-corrected chi connectivity index (χ3v) is 5.18. The topological polar surface area (TPSA) is 53.4 Å². The molecule has 21 heavy (non-hydrogen) atoms. The second-order valence-corrected chi connectivity index (χ2v) is 7.02. The quantitative estimate of drug-likeness (QED) is 0.927. The van der Waals surface area contributed by atoms with E-state index in [4.69, 9.17) is 0 Å². The molecular formula is C16H20N2O2S. The summed E-state index contributed by atoms with van der Waals surface area (Å²) in [4.78, 5) is 18.8. The molecule has 0 bridgehead atoms. The van der Waals surface area contributed by atoms with Crippen molar-refractivity contribution in [2.24, 2.45) is 5.92 Å². The molecule has 1 aliphatic rings. The number of carbonyl (C=O) groups excluding carboxylic acids is 1. The van der Waals surface area contributed by atoms with Crippen LogP contribution in [0.2, 0.25) is 0 Å². The number of benzene rings is 1. The number of fused-ring (bicyclic) bond motifs is 1. The van der Waals surface area contributed by atoms with Gasteiger partial charge in [-0.1, -0.05) is 0 Å². The van der Waals surface area contributed by atoms with Crippen molar-refractivity contribution in [2.45, 2.75) is 38.7 Å². The zero-order chi connectivity index (χ0) is 15.0. The molecule has 5 heteroatoms. The summed E-state index contributed by atoms with van der Waals surface area (Å²) in [5.41, 5.74) is 1.91. The number of anilines is 1. The minimum absolute atomic E-state index is 0.0392. The number of nitrogens with zero attached hydrogens (tertiary/aromatic N) is 2. The van der Waals surface area contributed by atoms with Gasteiger partial charge < -0.3 is 10.0 Å². The van der Waals surface area contributed by atoms with Crippen molar-refractivity contribution in [3.05, 3.63) is 23.2 Å². The van der Waals surface area contributed by atoms with E-state index in [-0.39, 0.29) is 17.9 Å². The van der Waals surface area contributed by atoms with Crippen LogP contribution in [0, 0.1) is 12.8 Å². The first kappa shape index (κ1) is 14.5. The molecule has 0 saturated heterocycles. The third-order valence-electron chi connectivity index (χ3n) is 4.24. The van der Waals surface area contributed by atoms with Crippen molar-refractivity contribution in [1.82, 2.24) is 4.98 Å². The van der Waals surface area contributed by atoms with Gasteiger partial charge in [-0.2, -0.15) is 0 Å². The summed E-state index contributed by atoms with van der Waals surface area (Å²) in [6, 6.07) is 5.97. The first-order valence-electron chi connectivity index (χ1n) is 7.37. The van der Waals surface area contributed by atoms with Crippen LogP contribution >= 0.6 is 11.3 Å². The number of hydrogen-bond acceptors (Lipinski definition) is 4. The van der Waals surface area contributed by atoms with Gasteiger partial charge in [0, 0.05) is 18.7 Å². The zero-order valence-corrected chi connectivity index (χ0v) is 13.2. The number of amides is 1. The average molecular weight is 304 g/mol. The van der Waals surface area contributed by atoms with E-state index in [0.717, 1.165) is 46.6 Å². The normalized spacial score (nSPS) is 22.4. The van der Waals surface area contributed by atoms with Crippen molar-refractivity contribution >= 4 is 33.1 Å². The number of aryl methyl sites for hydroxylation is 1. The van der Waals surface area contributed by atoms with Gasteiger partial charge in [-0.3, -0.25) is 4.79 Å². The molecule has 0 unspecified atom stereocenters. The largest absolute Gasteiger partial charge is 0.393 e. The van der Waals surface area contributed by atoms with Gasteiger partial charge in [-0.05, 0) is 50.8 Å². The number of thiazole rings is 1. The molecule has 0 atom stereocenters. The van der Waals surface area contributed by atoms with Crippen LogP contribution in [0.3, 0.4) is 0 Å². The lowest BCUT2D eigenvalue weighted by Crippen LogP contribution is -2.35. The number of hydrogen-bond donors (Lipinski definition) is 1. The molecule has 1 aliphatic carbocycles. The number of aromatic nitrogens is 1. The molecule has 1 fully saturated rings. The number of carbonyl (C=O) groups is 1. The summed E-state index contributed by atoms with van der Waals surface area (Å²) < 4.78 is 1.11. The maximum absolute atomic E-state index is 12.6. The number of aliphatic hydroxyl groups excluding tert-OH is 1. The van der Waals surface area contributed by atoms with E-state index in [0.29, 0.717) is 0 Å². The van der Waals surface area contributed by atoms with Crippen LogP contribution < -0.4 is 4.90 Å². The van der Waals surface area contributed by atoms with Crippen LogP contribution in [-0.2, 0) is 4.79 Å². The summed E-state index contributed by atoms with van der Waals surface area (Å²) in [5, 5.41) is 10.6. The molecule has 0 aliphatic heterocycles. The van der Waals surface area contributed by atoms with Gasteiger partial charge in [0.15, 0.2) is 0 Å². The predicted octanol–water partition coefficient (Wildman–Crippen LogP) is 3.12. The number of aliphatic hydroxyl groups is 1. The molecule has 3 rings (SSSR count). The molecule has 1 saturated carbocycles. The highest BCUT2D eigenvalue weighted by Gasteiger charge is 2.28. The van der Waals surface area contributed by atoms with Gasteiger partial charge in [0.25, 0.3) is 0 Å². The zero-order valence-electron chi connectivity index (χ0n) is 12.4. The Labute approximate surface area is 128 Å². The molecule has 1 aromatic carbocycles. The van der Waals surface area contributed by atoms with Crippen LogP contribution in [-0.4, -0.2) is 29.1 Å². The molecule has 1 N–H and O–H groups in total. The van der Waals surface area contributed by atoms with Crippen LogP contribution in [0.15, 0.2) is 18.2 Å². The Morgan fingerprint density at radius 1 is 1.33 bits per heavy atom. The second-order valence-electron chi connectivity index (χ2n) is 5.79. The van der Waals surface area contributed by atoms with Crippen molar-refractivity contribution in [2.75, 3.05) is 11.9 Å². The molecule has 1 heterocycles. The fourth-order valence-electron chi connectivity index (χ4n) is 2.96. The molecule has 112 valence electrons.